The highest BCUT2D eigenvalue weighted by Gasteiger charge is 2.33. The summed E-state index contributed by atoms with van der Waals surface area (Å²) < 4.78 is 5.64. The summed E-state index contributed by atoms with van der Waals surface area (Å²) in [4.78, 5) is 13.2. The summed E-state index contributed by atoms with van der Waals surface area (Å²) in [5, 5.41) is 18.4. The van der Waals surface area contributed by atoms with Gasteiger partial charge in [-0.25, -0.2) is 0 Å². The molecule has 0 aromatic heterocycles. The molecule has 2 N–H and O–H groups in total. The van der Waals surface area contributed by atoms with Crippen LogP contribution < -0.4 is 4.74 Å². The number of fused-ring (bicyclic) bond motifs is 1. The SMILES string of the molecule is O=C(O)CC1CCCN(C2COc3cc(O)ccc32)C1. The van der Waals surface area contributed by atoms with Crippen LogP contribution in [0.2, 0.25) is 0 Å². The normalized spacial score (nSPS) is 26.0. The Morgan fingerprint density at radius 2 is 2.30 bits per heavy atom. The summed E-state index contributed by atoms with van der Waals surface area (Å²) in [6, 6.07) is 5.42. The highest BCUT2D eigenvalue weighted by atomic mass is 16.5. The number of carboxylic acid groups (broad SMARTS) is 1. The van der Waals surface area contributed by atoms with E-state index >= 15 is 0 Å². The summed E-state index contributed by atoms with van der Waals surface area (Å²) in [6.07, 6.45) is 2.26. The van der Waals surface area contributed by atoms with Crippen LogP contribution in [0.1, 0.15) is 30.9 Å². The Morgan fingerprint density at radius 3 is 3.10 bits per heavy atom. The zero-order valence-corrected chi connectivity index (χ0v) is 11.3. The monoisotopic (exact) mass is 277 g/mol. The van der Waals surface area contributed by atoms with Crippen molar-refractivity contribution in [2.24, 2.45) is 5.92 Å². The minimum atomic E-state index is -0.718. The molecule has 2 aliphatic rings. The molecule has 0 spiro atoms. The number of hydrogen-bond acceptors (Lipinski definition) is 4. The molecule has 0 radical (unpaired) electrons. The van der Waals surface area contributed by atoms with Crippen molar-refractivity contribution < 1.29 is 19.7 Å². The minimum Gasteiger partial charge on any atom is -0.508 e. The maximum atomic E-state index is 10.9. The van der Waals surface area contributed by atoms with Crippen LogP contribution in [-0.2, 0) is 4.79 Å². The van der Waals surface area contributed by atoms with Crippen LogP contribution in [0.4, 0.5) is 0 Å². The number of nitrogens with zero attached hydrogens (tertiary/aromatic N) is 1. The van der Waals surface area contributed by atoms with E-state index in [9.17, 15) is 9.90 Å². The number of hydrogen-bond donors (Lipinski definition) is 2. The highest BCUT2D eigenvalue weighted by molar-refractivity contribution is 5.67. The number of benzene rings is 1. The fourth-order valence-electron chi connectivity index (χ4n) is 3.28. The molecule has 2 heterocycles. The summed E-state index contributed by atoms with van der Waals surface area (Å²) in [5.74, 6) is 0.467. The van der Waals surface area contributed by atoms with Crippen molar-refractivity contribution in [3.8, 4) is 11.5 Å². The van der Waals surface area contributed by atoms with E-state index in [0.717, 1.165) is 37.2 Å². The van der Waals surface area contributed by atoms with Crippen LogP contribution in [0.3, 0.4) is 0 Å². The highest BCUT2D eigenvalue weighted by Crippen LogP contribution is 2.39. The average molecular weight is 277 g/mol. The van der Waals surface area contributed by atoms with Gasteiger partial charge in [0.25, 0.3) is 0 Å². The Labute approximate surface area is 117 Å². The number of piperidine rings is 1. The van der Waals surface area contributed by atoms with Crippen LogP contribution in [0.25, 0.3) is 0 Å². The van der Waals surface area contributed by atoms with E-state index in [-0.39, 0.29) is 24.1 Å². The Bertz CT molecular complexity index is 517. The topological polar surface area (TPSA) is 70.0 Å². The maximum Gasteiger partial charge on any atom is 0.303 e. The Balaban J connectivity index is 1.73. The van der Waals surface area contributed by atoms with E-state index in [1.165, 1.54) is 0 Å². The lowest BCUT2D eigenvalue weighted by atomic mass is 9.93. The maximum absolute atomic E-state index is 10.9. The third kappa shape index (κ3) is 2.58. The quantitative estimate of drug-likeness (QED) is 0.884. The number of carboxylic acids is 1. The molecule has 5 nitrogen and oxygen atoms in total. The van der Waals surface area contributed by atoms with Crippen LogP contribution in [0.15, 0.2) is 18.2 Å². The molecule has 5 heteroatoms. The van der Waals surface area contributed by atoms with Crippen molar-refractivity contribution in [3.63, 3.8) is 0 Å². The van der Waals surface area contributed by atoms with Crippen LogP contribution >= 0.6 is 0 Å². The zero-order chi connectivity index (χ0) is 14.1. The molecule has 0 aliphatic carbocycles. The Kier molecular flexibility index (Phi) is 3.53. The van der Waals surface area contributed by atoms with Crippen LogP contribution in [0, 0.1) is 5.92 Å². The molecule has 3 rings (SSSR count). The van der Waals surface area contributed by atoms with Crippen LogP contribution in [0.5, 0.6) is 11.5 Å². The van der Waals surface area contributed by atoms with Gasteiger partial charge in [-0.1, -0.05) is 0 Å². The molecule has 2 aliphatic heterocycles. The first kappa shape index (κ1) is 13.2. The van der Waals surface area contributed by atoms with Gasteiger partial charge in [0.1, 0.15) is 18.1 Å². The molecule has 0 amide bonds. The molecule has 0 bridgehead atoms. The van der Waals surface area contributed by atoms with Gasteiger partial charge in [0.15, 0.2) is 0 Å². The standard InChI is InChI=1S/C15H19NO4/c17-11-3-4-12-13(9-20-14(12)7-11)16-5-1-2-10(8-16)6-15(18)19/h3-4,7,10,13,17H,1-2,5-6,8-9H2,(H,18,19). The fourth-order valence-corrected chi connectivity index (χ4v) is 3.28. The van der Waals surface area contributed by atoms with Gasteiger partial charge in [-0.2, -0.15) is 0 Å². The van der Waals surface area contributed by atoms with E-state index in [1.807, 2.05) is 6.07 Å². The third-order valence-corrected chi connectivity index (χ3v) is 4.21. The molecule has 20 heavy (non-hydrogen) atoms. The van der Waals surface area contributed by atoms with Crippen molar-refractivity contribution in [1.82, 2.24) is 4.90 Å². The molecule has 0 saturated carbocycles. The van der Waals surface area contributed by atoms with Crippen molar-refractivity contribution in [2.75, 3.05) is 19.7 Å². The lowest BCUT2D eigenvalue weighted by molar-refractivity contribution is -0.138. The van der Waals surface area contributed by atoms with E-state index < -0.39 is 5.97 Å². The van der Waals surface area contributed by atoms with E-state index in [1.54, 1.807) is 12.1 Å². The lowest BCUT2D eigenvalue weighted by Crippen LogP contribution is -2.39. The summed E-state index contributed by atoms with van der Waals surface area (Å²) >= 11 is 0. The first-order valence-electron chi connectivity index (χ1n) is 7.05. The average Bonchev–Trinajstić information content (AvgIpc) is 2.81. The molecule has 1 aromatic rings. The second kappa shape index (κ2) is 5.32. The summed E-state index contributed by atoms with van der Waals surface area (Å²) in [7, 11) is 0. The molecule has 1 aromatic carbocycles. The number of aliphatic carboxylic acids is 1. The van der Waals surface area contributed by atoms with Gasteiger partial charge in [-0.3, -0.25) is 9.69 Å². The van der Waals surface area contributed by atoms with Crippen molar-refractivity contribution in [2.45, 2.75) is 25.3 Å². The summed E-state index contributed by atoms with van der Waals surface area (Å²) in [5.41, 5.74) is 1.10. The second-order valence-electron chi connectivity index (χ2n) is 5.65. The molecule has 2 atom stereocenters. The first-order valence-corrected chi connectivity index (χ1v) is 7.05. The number of likely N-dealkylation sites (tertiary alicyclic amines) is 1. The smallest absolute Gasteiger partial charge is 0.303 e. The predicted octanol–water partition coefficient (Wildman–Crippen LogP) is 2.01. The number of phenols is 1. The molecular formula is C15H19NO4. The third-order valence-electron chi connectivity index (χ3n) is 4.21. The van der Waals surface area contributed by atoms with Gasteiger partial charge in [0, 0.05) is 24.6 Å². The van der Waals surface area contributed by atoms with Gasteiger partial charge in [-0.15, -0.1) is 0 Å². The number of phenolic OH excluding ortho intramolecular Hbond substituents is 1. The van der Waals surface area contributed by atoms with Gasteiger partial charge in [-0.05, 0) is 37.4 Å². The molecular weight excluding hydrogens is 258 g/mol. The predicted molar refractivity (Wildman–Crippen MR) is 72.9 cm³/mol. The van der Waals surface area contributed by atoms with Crippen molar-refractivity contribution >= 4 is 5.97 Å². The fraction of sp³-hybridized carbons (Fsp3) is 0.533. The van der Waals surface area contributed by atoms with E-state index in [2.05, 4.69) is 4.90 Å². The minimum absolute atomic E-state index is 0.183. The molecule has 2 unspecified atom stereocenters. The van der Waals surface area contributed by atoms with Crippen LogP contribution in [-0.4, -0.2) is 40.8 Å². The first-order chi connectivity index (χ1) is 9.63. The van der Waals surface area contributed by atoms with Gasteiger partial charge >= 0.3 is 5.97 Å². The number of aromatic hydroxyl groups is 1. The number of carbonyl (C=O) groups is 1. The summed E-state index contributed by atoms with van der Waals surface area (Å²) in [6.45, 7) is 2.36. The Hall–Kier alpha value is -1.75. The lowest BCUT2D eigenvalue weighted by Gasteiger charge is -2.35. The van der Waals surface area contributed by atoms with Crippen molar-refractivity contribution in [1.29, 1.82) is 0 Å². The van der Waals surface area contributed by atoms with Gasteiger partial charge < -0.3 is 14.9 Å². The van der Waals surface area contributed by atoms with E-state index in [4.69, 9.17) is 9.84 Å². The Morgan fingerprint density at radius 1 is 1.45 bits per heavy atom. The number of rotatable bonds is 3. The molecule has 1 fully saturated rings. The largest absolute Gasteiger partial charge is 0.508 e. The van der Waals surface area contributed by atoms with Crippen molar-refractivity contribution in [3.05, 3.63) is 23.8 Å². The second-order valence-corrected chi connectivity index (χ2v) is 5.65. The number of ether oxygens (including phenoxy) is 1. The zero-order valence-electron chi connectivity index (χ0n) is 11.3. The van der Waals surface area contributed by atoms with Gasteiger partial charge in [0.2, 0.25) is 0 Å². The molecule has 108 valence electrons. The van der Waals surface area contributed by atoms with E-state index in [0.29, 0.717) is 6.61 Å². The van der Waals surface area contributed by atoms with Gasteiger partial charge in [0.05, 0.1) is 6.04 Å². The molecule has 1 saturated heterocycles.